The first-order valence-corrected chi connectivity index (χ1v) is 4.32. The van der Waals surface area contributed by atoms with E-state index in [0.29, 0.717) is 6.04 Å². The van der Waals surface area contributed by atoms with Crippen LogP contribution in [0, 0.1) is 11.8 Å². The molecule has 2 atom stereocenters. The molecule has 0 N–H and O–H groups in total. The molecule has 0 bridgehead atoms. The SMILES string of the molecule is CC=NC1C(CC)C1CC. The Morgan fingerprint density at radius 3 is 2.00 bits per heavy atom. The fraction of sp³-hybridized carbons (Fsp3) is 0.889. The van der Waals surface area contributed by atoms with Gasteiger partial charge in [0.1, 0.15) is 0 Å². The summed E-state index contributed by atoms with van der Waals surface area (Å²) in [5, 5.41) is 0. The van der Waals surface area contributed by atoms with Crippen LogP contribution in [0.4, 0.5) is 0 Å². The Morgan fingerprint density at radius 1 is 1.20 bits per heavy atom. The average molecular weight is 139 g/mol. The maximum Gasteiger partial charge on any atom is 0.0558 e. The summed E-state index contributed by atoms with van der Waals surface area (Å²) in [6.07, 6.45) is 4.56. The number of nitrogens with zero attached hydrogens (tertiary/aromatic N) is 1. The van der Waals surface area contributed by atoms with Crippen molar-refractivity contribution in [3.8, 4) is 0 Å². The van der Waals surface area contributed by atoms with Gasteiger partial charge in [-0.2, -0.15) is 0 Å². The van der Waals surface area contributed by atoms with Crippen molar-refractivity contribution in [3.63, 3.8) is 0 Å². The van der Waals surface area contributed by atoms with Gasteiger partial charge in [-0.05, 0) is 25.0 Å². The van der Waals surface area contributed by atoms with Crippen molar-refractivity contribution in [1.29, 1.82) is 0 Å². The molecule has 0 saturated heterocycles. The van der Waals surface area contributed by atoms with Crippen LogP contribution >= 0.6 is 0 Å². The molecule has 2 unspecified atom stereocenters. The summed E-state index contributed by atoms with van der Waals surface area (Å²) < 4.78 is 0. The van der Waals surface area contributed by atoms with Crippen LogP contribution in [0.25, 0.3) is 0 Å². The molecule has 1 rings (SSSR count). The predicted molar refractivity (Wildman–Crippen MR) is 45.5 cm³/mol. The van der Waals surface area contributed by atoms with Crippen molar-refractivity contribution in [1.82, 2.24) is 0 Å². The number of hydrogen-bond acceptors (Lipinski definition) is 1. The number of hydrogen-bond donors (Lipinski definition) is 0. The highest BCUT2D eigenvalue weighted by Crippen LogP contribution is 2.46. The molecule has 1 aliphatic rings. The van der Waals surface area contributed by atoms with Crippen molar-refractivity contribution in [2.45, 2.75) is 39.7 Å². The Morgan fingerprint density at radius 2 is 1.70 bits per heavy atom. The summed E-state index contributed by atoms with van der Waals surface area (Å²) in [5.74, 6) is 1.81. The molecule has 1 aliphatic carbocycles. The highest BCUT2D eigenvalue weighted by atomic mass is 14.9. The van der Waals surface area contributed by atoms with Crippen LogP contribution in [0.1, 0.15) is 33.6 Å². The second-order valence-electron chi connectivity index (χ2n) is 3.04. The van der Waals surface area contributed by atoms with Crippen molar-refractivity contribution in [2.75, 3.05) is 0 Å². The largest absolute Gasteiger partial charge is 0.294 e. The maximum atomic E-state index is 4.42. The molecule has 0 aromatic heterocycles. The minimum absolute atomic E-state index is 0.681. The van der Waals surface area contributed by atoms with Crippen molar-refractivity contribution >= 4 is 6.21 Å². The molecule has 0 aromatic carbocycles. The van der Waals surface area contributed by atoms with E-state index in [0.717, 1.165) is 11.8 Å². The van der Waals surface area contributed by atoms with Gasteiger partial charge in [0.2, 0.25) is 0 Å². The second-order valence-corrected chi connectivity index (χ2v) is 3.04. The van der Waals surface area contributed by atoms with E-state index < -0.39 is 0 Å². The lowest BCUT2D eigenvalue weighted by atomic mass is 10.2. The molecule has 1 fully saturated rings. The maximum absolute atomic E-state index is 4.42. The van der Waals surface area contributed by atoms with Gasteiger partial charge in [-0.15, -0.1) is 0 Å². The Kier molecular flexibility index (Phi) is 2.47. The number of rotatable bonds is 3. The van der Waals surface area contributed by atoms with Gasteiger partial charge in [0.15, 0.2) is 0 Å². The first-order chi connectivity index (χ1) is 4.85. The van der Waals surface area contributed by atoms with E-state index in [4.69, 9.17) is 0 Å². The molecule has 0 aromatic rings. The quantitative estimate of drug-likeness (QED) is 0.533. The molecule has 58 valence electrons. The van der Waals surface area contributed by atoms with Gasteiger partial charge in [-0.1, -0.05) is 26.7 Å². The van der Waals surface area contributed by atoms with Crippen LogP contribution in [0.3, 0.4) is 0 Å². The van der Waals surface area contributed by atoms with E-state index in [1.807, 2.05) is 13.1 Å². The summed E-state index contributed by atoms with van der Waals surface area (Å²) in [7, 11) is 0. The summed E-state index contributed by atoms with van der Waals surface area (Å²) in [4.78, 5) is 4.42. The smallest absolute Gasteiger partial charge is 0.0558 e. The summed E-state index contributed by atoms with van der Waals surface area (Å²) in [5.41, 5.74) is 0. The van der Waals surface area contributed by atoms with Crippen LogP contribution in [-0.4, -0.2) is 12.3 Å². The van der Waals surface area contributed by atoms with Gasteiger partial charge in [-0.25, -0.2) is 0 Å². The lowest BCUT2D eigenvalue weighted by molar-refractivity contribution is 0.663. The predicted octanol–water partition coefficient (Wildman–Crippen LogP) is 2.51. The number of aliphatic imine (C=N–C) groups is 1. The summed E-state index contributed by atoms with van der Waals surface area (Å²) in [6.45, 7) is 6.54. The van der Waals surface area contributed by atoms with Crippen LogP contribution in [0.5, 0.6) is 0 Å². The average Bonchev–Trinajstić information content (AvgIpc) is 2.62. The lowest BCUT2D eigenvalue weighted by Crippen LogP contribution is -1.81. The van der Waals surface area contributed by atoms with Crippen LogP contribution in [0.2, 0.25) is 0 Å². The monoisotopic (exact) mass is 139 g/mol. The third-order valence-electron chi connectivity index (χ3n) is 2.55. The highest BCUT2D eigenvalue weighted by molar-refractivity contribution is 5.54. The lowest BCUT2D eigenvalue weighted by Gasteiger charge is -1.83. The van der Waals surface area contributed by atoms with Crippen molar-refractivity contribution in [3.05, 3.63) is 0 Å². The fourth-order valence-corrected chi connectivity index (χ4v) is 1.91. The zero-order valence-electron chi connectivity index (χ0n) is 7.17. The first-order valence-electron chi connectivity index (χ1n) is 4.32. The Hall–Kier alpha value is -0.330. The topological polar surface area (TPSA) is 12.4 Å². The van der Waals surface area contributed by atoms with Gasteiger partial charge in [0, 0.05) is 0 Å². The Balaban J connectivity index is 2.36. The molecule has 1 nitrogen and oxygen atoms in total. The standard InChI is InChI=1S/C9H17N/c1-4-7-8(5-2)9(7)10-6-3/h6-9H,4-5H2,1-3H3. The molecule has 10 heavy (non-hydrogen) atoms. The van der Waals surface area contributed by atoms with Gasteiger partial charge in [-0.3, -0.25) is 4.99 Å². The van der Waals surface area contributed by atoms with E-state index >= 15 is 0 Å². The normalized spacial score (nSPS) is 38.9. The molecular weight excluding hydrogens is 122 g/mol. The van der Waals surface area contributed by atoms with Gasteiger partial charge in [0.05, 0.1) is 6.04 Å². The molecule has 0 radical (unpaired) electrons. The van der Waals surface area contributed by atoms with Gasteiger partial charge in [0.25, 0.3) is 0 Å². The molecule has 0 amide bonds. The zero-order valence-corrected chi connectivity index (χ0v) is 7.17. The van der Waals surface area contributed by atoms with Crippen molar-refractivity contribution in [2.24, 2.45) is 16.8 Å². The minimum Gasteiger partial charge on any atom is -0.294 e. The highest BCUT2D eigenvalue weighted by Gasteiger charge is 2.46. The molecule has 0 aliphatic heterocycles. The van der Waals surface area contributed by atoms with E-state index in [1.165, 1.54) is 12.8 Å². The molecule has 0 heterocycles. The van der Waals surface area contributed by atoms with E-state index in [2.05, 4.69) is 18.8 Å². The second kappa shape index (κ2) is 3.18. The first kappa shape index (κ1) is 7.77. The van der Waals surface area contributed by atoms with Gasteiger partial charge < -0.3 is 0 Å². The third-order valence-corrected chi connectivity index (χ3v) is 2.55. The van der Waals surface area contributed by atoms with E-state index in [9.17, 15) is 0 Å². The molecular formula is C9H17N. The van der Waals surface area contributed by atoms with E-state index in [1.54, 1.807) is 0 Å². The zero-order chi connectivity index (χ0) is 7.56. The van der Waals surface area contributed by atoms with Gasteiger partial charge >= 0.3 is 0 Å². The van der Waals surface area contributed by atoms with Crippen molar-refractivity contribution < 1.29 is 0 Å². The Bertz CT molecular complexity index is 119. The van der Waals surface area contributed by atoms with E-state index in [-0.39, 0.29) is 0 Å². The fourth-order valence-electron chi connectivity index (χ4n) is 1.91. The molecule has 1 saturated carbocycles. The Labute approximate surface area is 63.5 Å². The molecule has 1 heteroatoms. The minimum atomic E-state index is 0.681. The van der Waals surface area contributed by atoms with Crippen LogP contribution in [0.15, 0.2) is 4.99 Å². The van der Waals surface area contributed by atoms with Crippen LogP contribution < -0.4 is 0 Å². The summed E-state index contributed by atoms with van der Waals surface area (Å²) in [6, 6.07) is 0.681. The molecule has 0 spiro atoms. The van der Waals surface area contributed by atoms with Crippen LogP contribution in [-0.2, 0) is 0 Å². The third kappa shape index (κ3) is 1.23. The summed E-state index contributed by atoms with van der Waals surface area (Å²) >= 11 is 0.